The van der Waals surface area contributed by atoms with Crippen molar-refractivity contribution in [3.05, 3.63) is 0 Å². The van der Waals surface area contributed by atoms with E-state index >= 15 is 0 Å². The number of methoxy groups -OCH3 is 1. The zero-order valence-corrected chi connectivity index (χ0v) is 10.5. The summed E-state index contributed by atoms with van der Waals surface area (Å²) in [5.41, 5.74) is -0.547. The minimum atomic E-state index is -0.882. The van der Waals surface area contributed by atoms with Gasteiger partial charge in [-0.2, -0.15) is 0 Å². The fourth-order valence-electron chi connectivity index (χ4n) is 0.918. The molecule has 0 spiro atoms. The average molecular weight is 234 g/mol. The van der Waals surface area contributed by atoms with Gasteiger partial charge in [-0.3, -0.25) is 5.32 Å². The van der Waals surface area contributed by atoms with Gasteiger partial charge in [0, 0.05) is 7.11 Å². The Morgan fingerprint density at radius 2 is 2.00 bits per heavy atom. The third-order valence-corrected chi connectivity index (χ3v) is 1.65. The summed E-state index contributed by atoms with van der Waals surface area (Å²) in [6, 6.07) is -0.468. The largest absolute Gasteiger partial charge is 0.444 e. The van der Waals surface area contributed by atoms with Crippen LogP contribution in [0.1, 0.15) is 27.7 Å². The van der Waals surface area contributed by atoms with Crippen molar-refractivity contribution in [2.45, 2.75) is 45.6 Å². The van der Waals surface area contributed by atoms with Gasteiger partial charge in [-0.25, -0.2) is 4.79 Å². The maximum atomic E-state index is 11.3. The van der Waals surface area contributed by atoms with E-state index in [1.54, 1.807) is 27.7 Å². The molecule has 0 aromatic heterocycles. The van der Waals surface area contributed by atoms with Crippen LogP contribution in [0.5, 0.6) is 0 Å². The molecule has 0 heterocycles. The molecule has 6 heteroatoms. The van der Waals surface area contributed by atoms with Crippen LogP contribution in [-0.4, -0.2) is 42.9 Å². The predicted molar refractivity (Wildman–Crippen MR) is 59.9 cm³/mol. The van der Waals surface area contributed by atoms with E-state index in [1.165, 1.54) is 7.11 Å². The van der Waals surface area contributed by atoms with E-state index in [0.29, 0.717) is 0 Å². The molecule has 3 N–H and O–H groups in total. The van der Waals surface area contributed by atoms with E-state index < -0.39 is 24.0 Å². The number of rotatable bonds is 5. The highest BCUT2D eigenvalue weighted by atomic mass is 16.6. The molecular weight excluding hydrogens is 212 g/mol. The van der Waals surface area contributed by atoms with Crippen molar-refractivity contribution in [2.75, 3.05) is 13.8 Å². The van der Waals surface area contributed by atoms with Gasteiger partial charge in [-0.15, -0.1) is 0 Å². The molecule has 0 aromatic carbocycles. The van der Waals surface area contributed by atoms with Crippen LogP contribution in [0.2, 0.25) is 0 Å². The fraction of sp³-hybridized carbons (Fsp3) is 0.900. The second-order valence-electron chi connectivity index (χ2n) is 4.52. The number of alkyl carbamates (subject to hydrolysis) is 1. The van der Waals surface area contributed by atoms with Crippen molar-refractivity contribution in [3.63, 3.8) is 0 Å². The molecule has 0 rings (SSSR count). The van der Waals surface area contributed by atoms with Crippen LogP contribution in [0.25, 0.3) is 0 Å². The maximum Gasteiger partial charge on any atom is 0.408 e. The van der Waals surface area contributed by atoms with E-state index in [9.17, 15) is 9.90 Å². The average Bonchev–Trinajstić information content (AvgIpc) is 2.10. The summed E-state index contributed by atoms with van der Waals surface area (Å²) in [5, 5.41) is 14.7. The smallest absolute Gasteiger partial charge is 0.408 e. The first kappa shape index (κ1) is 15.2. The third kappa shape index (κ3) is 7.44. The number of aliphatic hydroxyl groups excluding tert-OH is 1. The highest BCUT2D eigenvalue weighted by Gasteiger charge is 2.20. The van der Waals surface area contributed by atoms with Crippen LogP contribution in [0.3, 0.4) is 0 Å². The Balaban J connectivity index is 3.94. The topological polar surface area (TPSA) is 79.8 Å². The second kappa shape index (κ2) is 6.67. The first-order chi connectivity index (χ1) is 7.26. The zero-order valence-electron chi connectivity index (χ0n) is 10.5. The molecule has 6 nitrogen and oxygen atoms in total. The van der Waals surface area contributed by atoms with Crippen molar-refractivity contribution in [2.24, 2.45) is 0 Å². The lowest BCUT2D eigenvalue weighted by molar-refractivity contribution is 0.0300. The van der Waals surface area contributed by atoms with Gasteiger partial charge < -0.3 is 19.9 Å². The number of ether oxygens (including phenoxy) is 2. The molecular formula is C10H22N2O4. The summed E-state index contributed by atoms with van der Waals surface area (Å²) in [6.07, 6.45) is -1.44. The van der Waals surface area contributed by atoms with E-state index in [2.05, 4.69) is 10.6 Å². The number of nitrogens with one attached hydrogen (secondary N) is 2. The van der Waals surface area contributed by atoms with Crippen molar-refractivity contribution >= 4 is 6.09 Å². The highest BCUT2D eigenvalue weighted by molar-refractivity contribution is 5.68. The van der Waals surface area contributed by atoms with Gasteiger partial charge in [0.05, 0.1) is 12.8 Å². The van der Waals surface area contributed by atoms with E-state index in [4.69, 9.17) is 9.47 Å². The fourth-order valence-corrected chi connectivity index (χ4v) is 0.918. The summed E-state index contributed by atoms with van der Waals surface area (Å²) in [4.78, 5) is 11.3. The van der Waals surface area contributed by atoms with Crippen molar-refractivity contribution in [1.82, 2.24) is 10.6 Å². The molecule has 1 amide bonds. The second-order valence-corrected chi connectivity index (χ2v) is 4.52. The van der Waals surface area contributed by atoms with E-state index in [-0.39, 0.29) is 6.73 Å². The van der Waals surface area contributed by atoms with Gasteiger partial charge in [-0.05, 0) is 27.7 Å². The number of amides is 1. The molecule has 2 atom stereocenters. The summed E-state index contributed by atoms with van der Waals surface area (Å²) in [5.74, 6) is 0. The van der Waals surface area contributed by atoms with Crippen LogP contribution in [0.4, 0.5) is 4.79 Å². The quantitative estimate of drug-likeness (QED) is 0.600. The molecule has 0 aromatic rings. The Bertz CT molecular complexity index is 215. The summed E-state index contributed by atoms with van der Waals surface area (Å²) >= 11 is 0. The lowest BCUT2D eigenvalue weighted by Gasteiger charge is -2.24. The SMILES string of the molecule is COCNC(O)C(C)NC(=O)OC(C)(C)C. The monoisotopic (exact) mass is 234 g/mol. The number of hydrogen-bond acceptors (Lipinski definition) is 5. The lowest BCUT2D eigenvalue weighted by Crippen LogP contribution is -2.49. The normalized spacial score (nSPS) is 15.4. The molecule has 16 heavy (non-hydrogen) atoms. The molecule has 0 fully saturated rings. The van der Waals surface area contributed by atoms with Crippen LogP contribution in [0, 0.1) is 0 Å². The number of carbonyl (C=O) groups excluding carboxylic acids is 1. The molecule has 0 aliphatic rings. The first-order valence-corrected chi connectivity index (χ1v) is 5.16. The molecule has 0 saturated carbocycles. The zero-order chi connectivity index (χ0) is 12.8. The van der Waals surface area contributed by atoms with Crippen molar-refractivity contribution in [3.8, 4) is 0 Å². The van der Waals surface area contributed by atoms with Gasteiger partial charge >= 0.3 is 6.09 Å². The Morgan fingerprint density at radius 3 is 2.44 bits per heavy atom. The van der Waals surface area contributed by atoms with Gasteiger partial charge in [0.1, 0.15) is 11.8 Å². The molecule has 0 saturated heterocycles. The van der Waals surface area contributed by atoms with E-state index in [1.807, 2.05) is 0 Å². The highest BCUT2D eigenvalue weighted by Crippen LogP contribution is 2.06. The van der Waals surface area contributed by atoms with Crippen molar-refractivity contribution in [1.29, 1.82) is 0 Å². The lowest BCUT2D eigenvalue weighted by atomic mass is 10.2. The van der Waals surface area contributed by atoms with E-state index in [0.717, 1.165) is 0 Å². The molecule has 0 aliphatic heterocycles. The van der Waals surface area contributed by atoms with Gasteiger partial charge in [-0.1, -0.05) is 0 Å². The third-order valence-electron chi connectivity index (χ3n) is 1.65. The maximum absolute atomic E-state index is 11.3. The number of hydrogen-bond donors (Lipinski definition) is 3. The molecule has 96 valence electrons. The van der Waals surface area contributed by atoms with Gasteiger partial charge in [0.15, 0.2) is 0 Å². The van der Waals surface area contributed by atoms with Crippen LogP contribution in [-0.2, 0) is 9.47 Å². The molecule has 0 aliphatic carbocycles. The first-order valence-electron chi connectivity index (χ1n) is 5.16. The Hall–Kier alpha value is -0.850. The standard InChI is InChI=1S/C10H22N2O4/c1-7(8(13)11-6-15-5)12-9(14)16-10(2,3)4/h7-8,11,13H,6H2,1-5H3,(H,12,14). The number of carbonyl (C=O) groups is 1. The number of aliphatic hydroxyl groups is 1. The molecule has 0 bridgehead atoms. The molecule has 2 unspecified atom stereocenters. The van der Waals surface area contributed by atoms with Crippen molar-refractivity contribution < 1.29 is 19.4 Å². The minimum Gasteiger partial charge on any atom is -0.444 e. The van der Waals surface area contributed by atoms with Crippen LogP contribution < -0.4 is 10.6 Å². The Labute approximate surface area is 96.3 Å². The summed E-state index contributed by atoms with van der Waals surface area (Å²) < 4.78 is 9.78. The van der Waals surface area contributed by atoms with Gasteiger partial charge in [0.2, 0.25) is 0 Å². The van der Waals surface area contributed by atoms with Crippen LogP contribution in [0.15, 0.2) is 0 Å². The Kier molecular flexibility index (Phi) is 6.32. The summed E-state index contributed by atoms with van der Waals surface area (Å²) in [6.45, 7) is 7.20. The van der Waals surface area contributed by atoms with Gasteiger partial charge in [0.25, 0.3) is 0 Å². The van der Waals surface area contributed by atoms with Crippen LogP contribution >= 0.6 is 0 Å². The molecule has 0 radical (unpaired) electrons. The minimum absolute atomic E-state index is 0.210. The Morgan fingerprint density at radius 1 is 1.44 bits per heavy atom. The summed E-state index contributed by atoms with van der Waals surface area (Å²) in [7, 11) is 1.51. The predicted octanol–water partition coefficient (Wildman–Crippen LogP) is 0.411.